The Balaban J connectivity index is 2.13. The number of benzene rings is 1. The molecule has 2 rings (SSSR count). The van der Waals surface area contributed by atoms with Gasteiger partial charge in [-0.05, 0) is 36.8 Å². The first kappa shape index (κ1) is 17.1. The van der Waals surface area contributed by atoms with E-state index >= 15 is 0 Å². The average molecular weight is 320 g/mol. The number of carbonyl (C=O) groups is 2. The highest BCUT2D eigenvalue weighted by atomic mass is 32.1. The predicted octanol–water partition coefficient (Wildman–Crippen LogP) is 4.23. The van der Waals surface area contributed by atoms with Crippen LogP contribution in [0, 0.1) is 0 Å². The molecule has 1 aliphatic carbocycles. The zero-order valence-electron chi connectivity index (χ0n) is 13.1. The van der Waals surface area contributed by atoms with E-state index in [1.165, 1.54) is 37.7 Å². The van der Waals surface area contributed by atoms with E-state index in [-0.39, 0.29) is 17.5 Å². The predicted molar refractivity (Wildman–Crippen MR) is 90.3 cm³/mol. The summed E-state index contributed by atoms with van der Waals surface area (Å²) in [7, 11) is 0. The van der Waals surface area contributed by atoms with Gasteiger partial charge in [-0.2, -0.15) is 0 Å². The second-order valence-electron chi connectivity index (χ2n) is 5.90. The number of thiol groups is 1. The third-order valence-corrected chi connectivity index (χ3v) is 4.55. The first-order valence-electron chi connectivity index (χ1n) is 8.10. The van der Waals surface area contributed by atoms with Gasteiger partial charge in [-0.3, -0.25) is 9.59 Å². The highest BCUT2D eigenvalue weighted by molar-refractivity contribution is 7.96. The standard InChI is InChI=1S/C18H24O3S/c1-2-21-18(20)16(12-17(19)22)15-10-8-14(9-11-15)13-6-4-3-5-7-13/h8-11,13,16H,2-7,12H2,1H3,(H,19,22). The lowest BCUT2D eigenvalue weighted by Gasteiger charge is -2.22. The van der Waals surface area contributed by atoms with Gasteiger partial charge in [0.25, 0.3) is 0 Å². The molecule has 0 N–H and O–H groups in total. The Morgan fingerprint density at radius 1 is 1.18 bits per heavy atom. The van der Waals surface area contributed by atoms with Crippen LogP contribution in [0.4, 0.5) is 0 Å². The van der Waals surface area contributed by atoms with Gasteiger partial charge >= 0.3 is 5.97 Å². The second kappa shape index (κ2) is 8.37. The molecule has 120 valence electrons. The fourth-order valence-electron chi connectivity index (χ4n) is 3.19. The van der Waals surface area contributed by atoms with Crippen molar-refractivity contribution >= 4 is 23.7 Å². The van der Waals surface area contributed by atoms with Crippen LogP contribution in [0.15, 0.2) is 24.3 Å². The van der Waals surface area contributed by atoms with Crippen molar-refractivity contribution < 1.29 is 14.3 Å². The Morgan fingerprint density at radius 3 is 2.36 bits per heavy atom. The van der Waals surface area contributed by atoms with E-state index in [1.54, 1.807) is 6.92 Å². The van der Waals surface area contributed by atoms with Crippen molar-refractivity contribution in [1.82, 2.24) is 0 Å². The Labute approximate surface area is 137 Å². The smallest absolute Gasteiger partial charge is 0.313 e. The maximum Gasteiger partial charge on any atom is 0.313 e. The Hall–Kier alpha value is -1.29. The average Bonchev–Trinajstić information content (AvgIpc) is 2.54. The SMILES string of the molecule is CCOC(=O)C(CC(=O)S)c1ccc(C2CCCCC2)cc1. The maximum absolute atomic E-state index is 12.1. The molecule has 0 heterocycles. The minimum Gasteiger partial charge on any atom is -0.466 e. The van der Waals surface area contributed by atoms with Gasteiger partial charge < -0.3 is 4.74 Å². The van der Waals surface area contributed by atoms with Gasteiger partial charge in [0.05, 0.1) is 12.5 Å². The molecule has 1 aliphatic rings. The van der Waals surface area contributed by atoms with Gasteiger partial charge in [0.1, 0.15) is 0 Å². The lowest BCUT2D eigenvalue weighted by atomic mass is 9.83. The highest BCUT2D eigenvalue weighted by Gasteiger charge is 2.24. The van der Waals surface area contributed by atoms with Gasteiger partial charge in [-0.1, -0.05) is 43.5 Å². The molecule has 1 aromatic carbocycles. The Bertz CT molecular complexity index is 504. The molecule has 0 saturated heterocycles. The summed E-state index contributed by atoms with van der Waals surface area (Å²) in [4.78, 5) is 23.4. The largest absolute Gasteiger partial charge is 0.466 e. The molecule has 1 fully saturated rings. The first-order chi connectivity index (χ1) is 10.6. The number of hydrogen-bond acceptors (Lipinski definition) is 3. The maximum atomic E-state index is 12.1. The molecule has 22 heavy (non-hydrogen) atoms. The molecule has 1 unspecified atom stereocenters. The van der Waals surface area contributed by atoms with Crippen LogP contribution >= 0.6 is 12.6 Å². The van der Waals surface area contributed by atoms with Crippen LogP contribution in [-0.2, 0) is 14.3 Å². The van der Waals surface area contributed by atoms with Gasteiger partial charge in [0.2, 0.25) is 0 Å². The molecule has 1 atom stereocenters. The van der Waals surface area contributed by atoms with E-state index in [0.29, 0.717) is 12.5 Å². The molecule has 4 heteroatoms. The van der Waals surface area contributed by atoms with E-state index in [4.69, 9.17) is 4.74 Å². The number of esters is 1. The van der Waals surface area contributed by atoms with Crippen molar-refractivity contribution in [2.24, 2.45) is 0 Å². The summed E-state index contributed by atoms with van der Waals surface area (Å²) in [6.07, 6.45) is 6.50. The summed E-state index contributed by atoms with van der Waals surface area (Å²) in [6.45, 7) is 2.08. The minimum atomic E-state index is -0.551. The third-order valence-electron chi connectivity index (χ3n) is 4.37. The van der Waals surface area contributed by atoms with E-state index in [1.807, 2.05) is 12.1 Å². The van der Waals surface area contributed by atoms with Crippen LogP contribution in [0.1, 0.15) is 68.4 Å². The zero-order chi connectivity index (χ0) is 15.9. The van der Waals surface area contributed by atoms with Crippen molar-refractivity contribution in [2.45, 2.75) is 57.3 Å². The van der Waals surface area contributed by atoms with Crippen molar-refractivity contribution in [2.75, 3.05) is 6.61 Å². The van der Waals surface area contributed by atoms with Gasteiger partial charge in [0.15, 0.2) is 5.12 Å². The highest BCUT2D eigenvalue weighted by Crippen LogP contribution is 2.33. The van der Waals surface area contributed by atoms with Crippen molar-refractivity contribution in [3.05, 3.63) is 35.4 Å². The second-order valence-corrected chi connectivity index (χ2v) is 6.40. The van der Waals surface area contributed by atoms with Crippen molar-refractivity contribution in [1.29, 1.82) is 0 Å². The molecule has 3 nitrogen and oxygen atoms in total. The molecule has 0 radical (unpaired) electrons. The van der Waals surface area contributed by atoms with Crippen LogP contribution in [0.5, 0.6) is 0 Å². The summed E-state index contributed by atoms with van der Waals surface area (Å²) in [5.74, 6) is -0.268. The van der Waals surface area contributed by atoms with Gasteiger partial charge in [0, 0.05) is 6.42 Å². The molecular weight excluding hydrogens is 296 g/mol. The monoisotopic (exact) mass is 320 g/mol. The van der Waals surface area contributed by atoms with Crippen LogP contribution in [0.3, 0.4) is 0 Å². The summed E-state index contributed by atoms with van der Waals surface area (Å²) in [6, 6.07) is 8.12. The molecule has 0 aromatic heterocycles. The van der Waals surface area contributed by atoms with E-state index in [0.717, 1.165) is 5.56 Å². The van der Waals surface area contributed by atoms with E-state index in [9.17, 15) is 9.59 Å². The van der Waals surface area contributed by atoms with Crippen LogP contribution in [0.25, 0.3) is 0 Å². The minimum absolute atomic E-state index is 0.0741. The number of carbonyl (C=O) groups excluding carboxylic acids is 2. The van der Waals surface area contributed by atoms with Crippen LogP contribution < -0.4 is 0 Å². The zero-order valence-corrected chi connectivity index (χ0v) is 14.0. The summed E-state index contributed by atoms with van der Waals surface area (Å²) < 4.78 is 5.08. The lowest BCUT2D eigenvalue weighted by Crippen LogP contribution is -2.18. The molecule has 0 amide bonds. The first-order valence-corrected chi connectivity index (χ1v) is 8.54. The quantitative estimate of drug-likeness (QED) is 0.630. The summed E-state index contributed by atoms with van der Waals surface area (Å²) in [5.41, 5.74) is 2.17. The molecule has 0 spiro atoms. The van der Waals surface area contributed by atoms with E-state index < -0.39 is 5.92 Å². The van der Waals surface area contributed by atoms with Crippen molar-refractivity contribution in [3.63, 3.8) is 0 Å². The number of ether oxygens (including phenoxy) is 1. The topological polar surface area (TPSA) is 43.4 Å². The van der Waals surface area contributed by atoms with E-state index in [2.05, 4.69) is 24.8 Å². The van der Waals surface area contributed by atoms with Gasteiger partial charge in [-0.25, -0.2) is 0 Å². The third kappa shape index (κ3) is 4.60. The molecule has 0 bridgehead atoms. The lowest BCUT2D eigenvalue weighted by molar-refractivity contribution is -0.145. The fraction of sp³-hybridized carbons (Fsp3) is 0.556. The molecule has 1 saturated carbocycles. The van der Waals surface area contributed by atoms with Crippen molar-refractivity contribution in [3.8, 4) is 0 Å². The Kier molecular flexibility index (Phi) is 6.49. The fourth-order valence-corrected chi connectivity index (χ4v) is 3.37. The van der Waals surface area contributed by atoms with Crippen LogP contribution in [0.2, 0.25) is 0 Å². The molecular formula is C18H24O3S. The Morgan fingerprint density at radius 2 is 1.82 bits per heavy atom. The summed E-state index contributed by atoms with van der Waals surface area (Å²) >= 11 is 3.81. The molecule has 0 aliphatic heterocycles. The summed E-state index contributed by atoms with van der Waals surface area (Å²) in [5, 5.41) is -0.297. The number of rotatable bonds is 6. The molecule has 1 aromatic rings. The van der Waals surface area contributed by atoms with Crippen LogP contribution in [-0.4, -0.2) is 17.7 Å². The number of hydrogen-bond donors (Lipinski definition) is 1. The van der Waals surface area contributed by atoms with Gasteiger partial charge in [-0.15, -0.1) is 12.6 Å². The normalized spacial score (nSPS) is 17.0.